The molecule has 2 atom stereocenters. The Bertz CT molecular complexity index is 1160. The molecule has 2 unspecified atom stereocenters. The fraction of sp³-hybridized carbons (Fsp3) is 0.455. The van der Waals surface area contributed by atoms with Crippen LogP contribution in [0.2, 0.25) is 0 Å². The Kier molecular flexibility index (Phi) is 9.98. The Hall–Kier alpha value is -3.06. The molecule has 0 fully saturated rings. The number of rotatable bonds is 13. The molecule has 3 rings (SSSR count). The standard InChI is InChI=1S/C22H29F3N7O4P/c1-14(2)30-21(33)17(10-34-3)31-37(36-16-6-4-15(5-7-16)22(23,24)25)13-35-9-8-32-12-29-18-19(26)27-11-28-20(18)32/h4-7,11-12,14,17,31H,8-10,13H2,1-3H3,(H,30,33)(H2,26,27,28). The van der Waals surface area contributed by atoms with Gasteiger partial charge in [0.25, 0.3) is 0 Å². The molecule has 1 amide bonds. The van der Waals surface area contributed by atoms with E-state index in [9.17, 15) is 18.0 Å². The van der Waals surface area contributed by atoms with E-state index >= 15 is 0 Å². The maximum absolute atomic E-state index is 12.9. The molecular weight excluding hydrogens is 514 g/mol. The average molecular weight is 543 g/mol. The predicted molar refractivity (Wildman–Crippen MR) is 132 cm³/mol. The second-order valence-electron chi connectivity index (χ2n) is 8.20. The molecular formula is C22H29F3N7O4P. The molecule has 0 saturated heterocycles. The number of hydrogen-bond donors (Lipinski definition) is 3. The van der Waals surface area contributed by atoms with E-state index in [1.54, 1.807) is 10.9 Å². The van der Waals surface area contributed by atoms with Gasteiger partial charge in [0.15, 0.2) is 19.8 Å². The van der Waals surface area contributed by atoms with E-state index in [1.807, 2.05) is 13.8 Å². The summed E-state index contributed by atoms with van der Waals surface area (Å²) in [6.45, 7) is 4.33. The highest BCUT2D eigenvalue weighted by atomic mass is 31.2. The van der Waals surface area contributed by atoms with Crippen LogP contribution < -0.4 is 20.7 Å². The van der Waals surface area contributed by atoms with Crippen molar-refractivity contribution >= 4 is 31.2 Å². The van der Waals surface area contributed by atoms with Crippen molar-refractivity contribution in [2.75, 3.05) is 32.4 Å². The van der Waals surface area contributed by atoms with Gasteiger partial charge in [0.1, 0.15) is 30.0 Å². The first-order valence-electron chi connectivity index (χ1n) is 11.3. The van der Waals surface area contributed by atoms with E-state index in [-0.39, 0.29) is 43.1 Å². The Morgan fingerprint density at radius 3 is 2.57 bits per heavy atom. The molecule has 0 aliphatic heterocycles. The third kappa shape index (κ3) is 8.22. The van der Waals surface area contributed by atoms with Gasteiger partial charge >= 0.3 is 6.18 Å². The molecule has 0 saturated carbocycles. The van der Waals surface area contributed by atoms with Crippen molar-refractivity contribution in [3.63, 3.8) is 0 Å². The van der Waals surface area contributed by atoms with Gasteiger partial charge in [-0.15, -0.1) is 0 Å². The number of carbonyl (C=O) groups is 1. The summed E-state index contributed by atoms with van der Waals surface area (Å²) in [5.74, 6) is 0.164. The largest absolute Gasteiger partial charge is 0.456 e. The van der Waals surface area contributed by atoms with Gasteiger partial charge in [0, 0.05) is 19.7 Å². The van der Waals surface area contributed by atoms with Crippen molar-refractivity contribution in [1.29, 1.82) is 0 Å². The molecule has 37 heavy (non-hydrogen) atoms. The normalized spacial score (nSPS) is 13.6. The predicted octanol–water partition coefficient (Wildman–Crippen LogP) is 2.92. The molecule has 3 aromatic rings. The van der Waals surface area contributed by atoms with Crippen LogP contribution in [0, 0.1) is 0 Å². The van der Waals surface area contributed by atoms with Crippen LogP contribution in [0.4, 0.5) is 19.0 Å². The number of nitrogen functional groups attached to an aromatic ring is 1. The van der Waals surface area contributed by atoms with E-state index in [0.29, 0.717) is 17.7 Å². The summed E-state index contributed by atoms with van der Waals surface area (Å²) in [4.78, 5) is 24.9. The fourth-order valence-electron chi connectivity index (χ4n) is 3.19. The number of carbonyl (C=O) groups excluding carboxylic acids is 1. The van der Waals surface area contributed by atoms with Crippen LogP contribution in [0.1, 0.15) is 19.4 Å². The Morgan fingerprint density at radius 1 is 1.19 bits per heavy atom. The average Bonchev–Trinajstić information content (AvgIpc) is 3.25. The summed E-state index contributed by atoms with van der Waals surface area (Å²) in [6.07, 6.45) is -1.51. The number of benzene rings is 1. The van der Waals surface area contributed by atoms with Crippen LogP contribution in [0.3, 0.4) is 0 Å². The minimum Gasteiger partial charge on any atom is -0.456 e. The molecule has 202 valence electrons. The summed E-state index contributed by atoms with van der Waals surface area (Å²) < 4.78 is 57.4. The van der Waals surface area contributed by atoms with Gasteiger partial charge in [-0.3, -0.25) is 4.79 Å². The monoisotopic (exact) mass is 543 g/mol. The fourth-order valence-corrected chi connectivity index (χ4v) is 4.58. The lowest BCUT2D eigenvalue weighted by Gasteiger charge is -2.25. The van der Waals surface area contributed by atoms with Gasteiger partial charge in [-0.1, -0.05) is 0 Å². The quantitative estimate of drug-likeness (QED) is 0.219. The number of hydrogen-bond acceptors (Lipinski definition) is 9. The second-order valence-corrected chi connectivity index (χ2v) is 9.65. The highest BCUT2D eigenvalue weighted by Crippen LogP contribution is 2.37. The molecule has 2 heterocycles. The van der Waals surface area contributed by atoms with Gasteiger partial charge in [-0.05, 0) is 38.1 Å². The maximum Gasteiger partial charge on any atom is 0.416 e. The van der Waals surface area contributed by atoms with Crippen LogP contribution in [0.15, 0.2) is 36.9 Å². The van der Waals surface area contributed by atoms with Gasteiger partial charge in [0.05, 0.1) is 25.1 Å². The Balaban J connectivity index is 1.68. The minimum atomic E-state index is -4.46. The van der Waals surface area contributed by atoms with Gasteiger partial charge < -0.3 is 29.6 Å². The molecule has 0 bridgehead atoms. The summed E-state index contributed by atoms with van der Waals surface area (Å²) in [7, 11) is -0.200. The lowest BCUT2D eigenvalue weighted by molar-refractivity contribution is -0.137. The zero-order valence-corrected chi connectivity index (χ0v) is 21.4. The molecule has 15 heteroatoms. The zero-order valence-electron chi connectivity index (χ0n) is 20.5. The molecule has 11 nitrogen and oxygen atoms in total. The Labute approximate surface area is 212 Å². The first-order valence-corrected chi connectivity index (χ1v) is 12.7. The van der Waals surface area contributed by atoms with Crippen molar-refractivity contribution in [3.8, 4) is 5.75 Å². The van der Waals surface area contributed by atoms with Crippen molar-refractivity contribution in [2.45, 2.75) is 38.7 Å². The van der Waals surface area contributed by atoms with Crippen LogP contribution in [-0.2, 0) is 27.0 Å². The molecule has 1 aromatic carbocycles. The third-order valence-electron chi connectivity index (χ3n) is 4.89. The number of halogens is 3. The highest BCUT2D eigenvalue weighted by Gasteiger charge is 2.30. The number of aromatic nitrogens is 4. The van der Waals surface area contributed by atoms with E-state index in [4.69, 9.17) is 19.7 Å². The van der Waals surface area contributed by atoms with Gasteiger partial charge in [-0.2, -0.15) is 13.2 Å². The summed E-state index contributed by atoms with van der Waals surface area (Å²) >= 11 is 0. The van der Waals surface area contributed by atoms with E-state index in [0.717, 1.165) is 12.1 Å². The SMILES string of the molecule is COCC(NP(COCCn1cnc2c(N)ncnc21)Oc1ccc(C(F)(F)F)cc1)C(=O)NC(C)C. The first-order chi connectivity index (χ1) is 17.6. The molecule has 0 aliphatic rings. The van der Waals surface area contributed by atoms with Crippen molar-refractivity contribution in [3.05, 3.63) is 42.5 Å². The van der Waals surface area contributed by atoms with Crippen LogP contribution >= 0.6 is 8.30 Å². The van der Waals surface area contributed by atoms with Crippen LogP contribution in [-0.4, -0.2) is 64.2 Å². The smallest absolute Gasteiger partial charge is 0.416 e. The number of nitrogens with zero attached hydrogens (tertiary/aromatic N) is 4. The summed E-state index contributed by atoms with van der Waals surface area (Å²) in [5, 5.41) is 5.89. The summed E-state index contributed by atoms with van der Waals surface area (Å²) in [5.41, 5.74) is 6.06. The molecule has 0 aliphatic carbocycles. The van der Waals surface area contributed by atoms with Crippen molar-refractivity contribution in [2.24, 2.45) is 0 Å². The van der Waals surface area contributed by atoms with E-state index in [2.05, 4.69) is 25.4 Å². The summed E-state index contributed by atoms with van der Waals surface area (Å²) in [6, 6.07) is 3.44. The number of amides is 1. The Morgan fingerprint density at radius 2 is 1.92 bits per heavy atom. The number of imidazole rings is 1. The zero-order chi connectivity index (χ0) is 27.0. The maximum atomic E-state index is 12.9. The molecule has 2 aromatic heterocycles. The number of ether oxygens (including phenoxy) is 2. The lowest BCUT2D eigenvalue weighted by Crippen LogP contribution is -2.47. The lowest BCUT2D eigenvalue weighted by atomic mass is 10.2. The second kappa shape index (κ2) is 13.0. The number of nitrogens with one attached hydrogen (secondary N) is 2. The molecule has 4 N–H and O–H groups in total. The number of anilines is 1. The highest BCUT2D eigenvalue weighted by molar-refractivity contribution is 7.50. The minimum absolute atomic E-state index is 0.0370. The van der Waals surface area contributed by atoms with E-state index < -0.39 is 26.1 Å². The number of nitrogens with two attached hydrogens (primary N) is 1. The third-order valence-corrected chi connectivity index (χ3v) is 6.34. The van der Waals surface area contributed by atoms with Crippen LogP contribution in [0.5, 0.6) is 5.75 Å². The molecule has 0 spiro atoms. The van der Waals surface area contributed by atoms with Crippen LogP contribution in [0.25, 0.3) is 11.2 Å². The van der Waals surface area contributed by atoms with Crippen molar-refractivity contribution < 1.29 is 32.0 Å². The number of alkyl halides is 3. The number of fused-ring (bicyclic) bond motifs is 1. The van der Waals surface area contributed by atoms with Gasteiger partial charge in [0.2, 0.25) is 5.91 Å². The molecule has 0 radical (unpaired) electrons. The van der Waals surface area contributed by atoms with E-state index in [1.165, 1.54) is 25.6 Å². The van der Waals surface area contributed by atoms with Crippen molar-refractivity contribution in [1.82, 2.24) is 29.9 Å². The first kappa shape index (κ1) is 28.5. The van der Waals surface area contributed by atoms with Gasteiger partial charge in [-0.25, -0.2) is 20.0 Å². The number of methoxy groups -OCH3 is 1. The topological polar surface area (TPSA) is 138 Å².